The Morgan fingerprint density at radius 3 is 2.71 bits per heavy atom. The van der Waals surface area contributed by atoms with Crippen molar-refractivity contribution >= 4 is 28.2 Å². The second-order valence-corrected chi connectivity index (χ2v) is 6.33. The molecular formula is C18H16ClN3O2. The van der Waals surface area contributed by atoms with Crippen LogP contribution in [0.5, 0.6) is 5.75 Å². The molecule has 0 amide bonds. The maximum Gasteiger partial charge on any atom is 0.255 e. The summed E-state index contributed by atoms with van der Waals surface area (Å²) < 4.78 is 7.02. The Hall–Kier alpha value is -2.53. The molecular weight excluding hydrogens is 326 g/mol. The lowest BCUT2D eigenvalue weighted by Crippen LogP contribution is -2.43. The summed E-state index contributed by atoms with van der Waals surface area (Å²) in [6, 6.07) is 13.1. The second kappa shape index (κ2) is 5.53. The van der Waals surface area contributed by atoms with E-state index in [0.717, 1.165) is 27.2 Å². The first-order chi connectivity index (χ1) is 11.6. The van der Waals surface area contributed by atoms with Crippen molar-refractivity contribution in [1.82, 2.24) is 4.68 Å². The summed E-state index contributed by atoms with van der Waals surface area (Å²) in [4.78, 5) is 5.67. The van der Waals surface area contributed by atoms with E-state index in [-0.39, 0.29) is 6.04 Å². The van der Waals surface area contributed by atoms with E-state index in [1.165, 1.54) is 0 Å². The van der Waals surface area contributed by atoms with Crippen LogP contribution in [-0.2, 0) is 0 Å². The maximum absolute atomic E-state index is 12.8. The molecule has 1 unspecified atom stereocenters. The first-order valence-electron chi connectivity index (χ1n) is 7.72. The predicted octanol–water partition coefficient (Wildman–Crippen LogP) is 3.35. The van der Waals surface area contributed by atoms with E-state index in [0.29, 0.717) is 22.8 Å². The van der Waals surface area contributed by atoms with Crippen LogP contribution in [-0.4, -0.2) is 24.0 Å². The zero-order chi connectivity index (χ0) is 16.8. The molecule has 3 aromatic rings. The van der Waals surface area contributed by atoms with Crippen molar-refractivity contribution in [2.45, 2.75) is 13.0 Å². The molecule has 0 N–H and O–H groups in total. The van der Waals surface area contributed by atoms with Gasteiger partial charge >= 0.3 is 0 Å². The smallest absolute Gasteiger partial charge is 0.255 e. The number of benzene rings is 2. The summed E-state index contributed by atoms with van der Waals surface area (Å²) >= 11 is 5.99. The zero-order valence-electron chi connectivity index (χ0n) is 13.4. The average molecular weight is 342 g/mol. The molecule has 0 spiro atoms. The molecule has 0 bridgehead atoms. The summed E-state index contributed by atoms with van der Waals surface area (Å²) in [7, 11) is 1.59. The quantitative estimate of drug-likeness (QED) is 0.530. The molecule has 0 fully saturated rings. The highest BCUT2D eigenvalue weighted by atomic mass is 35.5. The SMILES string of the molecule is COc1ccc2c3n([n+]([O-])c2c1)C(C)CN=C3c1ccc(Cl)cc1. The first kappa shape index (κ1) is 15.0. The fourth-order valence-corrected chi connectivity index (χ4v) is 3.30. The van der Waals surface area contributed by atoms with Crippen LogP contribution in [0.15, 0.2) is 47.5 Å². The zero-order valence-corrected chi connectivity index (χ0v) is 14.1. The Labute approximate surface area is 144 Å². The van der Waals surface area contributed by atoms with Gasteiger partial charge in [0.2, 0.25) is 0 Å². The van der Waals surface area contributed by atoms with E-state index in [1.807, 2.05) is 43.3 Å². The normalized spacial score (nSPS) is 16.8. The van der Waals surface area contributed by atoms with Gasteiger partial charge in [0.05, 0.1) is 30.8 Å². The Morgan fingerprint density at radius 1 is 1.25 bits per heavy atom. The van der Waals surface area contributed by atoms with Gasteiger partial charge in [-0.2, -0.15) is 0 Å². The second-order valence-electron chi connectivity index (χ2n) is 5.89. The molecule has 1 aliphatic rings. The molecule has 2 aromatic carbocycles. The van der Waals surface area contributed by atoms with Gasteiger partial charge in [-0.05, 0) is 31.2 Å². The molecule has 2 heterocycles. The topological polar surface area (TPSA) is 53.5 Å². The highest BCUT2D eigenvalue weighted by molar-refractivity contribution is 6.30. The maximum atomic E-state index is 12.8. The van der Waals surface area contributed by atoms with Crippen LogP contribution in [0.25, 0.3) is 10.9 Å². The van der Waals surface area contributed by atoms with Crippen molar-refractivity contribution in [3.8, 4) is 5.75 Å². The third-order valence-corrected chi connectivity index (χ3v) is 4.62. The summed E-state index contributed by atoms with van der Waals surface area (Å²) in [6.07, 6.45) is 0. The fourth-order valence-electron chi connectivity index (χ4n) is 3.17. The van der Waals surface area contributed by atoms with Crippen molar-refractivity contribution in [3.63, 3.8) is 0 Å². The molecule has 1 atom stereocenters. The van der Waals surface area contributed by atoms with E-state index >= 15 is 0 Å². The summed E-state index contributed by atoms with van der Waals surface area (Å²) in [5.74, 6) is 0.660. The number of ether oxygens (including phenoxy) is 1. The summed E-state index contributed by atoms with van der Waals surface area (Å²) in [6.45, 7) is 2.56. The van der Waals surface area contributed by atoms with Crippen LogP contribution in [0, 0.1) is 5.21 Å². The largest absolute Gasteiger partial charge is 0.595 e. The van der Waals surface area contributed by atoms with E-state index in [2.05, 4.69) is 0 Å². The van der Waals surface area contributed by atoms with Gasteiger partial charge in [-0.3, -0.25) is 4.99 Å². The average Bonchev–Trinajstić information content (AvgIpc) is 2.90. The number of hydrogen-bond acceptors (Lipinski definition) is 3. The Balaban J connectivity index is 2.00. The molecule has 5 nitrogen and oxygen atoms in total. The molecule has 6 heteroatoms. The first-order valence-corrected chi connectivity index (χ1v) is 8.10. The van der Waals surface area contributed by atoms with E-state index < -0.39 is 0 Å². The highest BCUT2D eigenvalue weighted by Crippen LogP contribution is 2.29. The minimum atomic E-state index is -0.00746. The lowest BCUT2D eigenvalue weighted by molar-refractivity contribution is -0.673. The van der Waals surface area contributed by atoms with E-state index in [4.69, 9.17) is 21.3 Å². The number of methoxy groups -OCH3 is 1. The van der Waals surface area contributed by atoms with Gasteiger partial charge in [0.1, 0.15) is 17.5 Å². The van der Waals surface area contributed by atoms with Crippen LogP contribution in [0.2, 0.25) is 5.02 Å². The molecule has 0 radical (unpaired) electrons. The van der Waals surface area contributed by atoms with Gasteiger partial charge in [0, 0.05) is 10.6 Å². The van der Waals surface area contributed by atoms with Crippen LogP contribution in [0.4, 0.5) is 0 Å². The van der Waals surface area contributed by atoms with Crippen LogP contribution < -0.4 is 9.58 Å². The van der Waals surface area contributed by atoms with Gasteiger partial charge in [-0.1, -0.05) is 28.6 Å². The molecule has 1 aromatic heterocycles. The molecule has 1 aliphatic heterocycles. The van der Waals surface area contributed by atoms with Crippen LogP contribution in [0.1, 0.15) is 24.2 Å². The van der Waals surface area contributed by atoms with Gasteiger partial charge in [-0.25, -0.2) is 0 Å². The summed E-state index contributed by atoms with van der Waals surface area (Å²) in [5, 5.41) is 14.4. The molecule has 24 heavy (non-hydrogen) atoms. The number of rotatable bonds is 2. The number of hydrogen-bond donors (Lipinski definition) is 0. The molecule has 0 aliphatic carbocycles. The van der Waals surface area contributed by atoms with E-state index in [9.17, 15) is 5.21 Å². The third kappa shape index (κ3) is 2.16. The van der Waals surface area contributed by atoms with Gasteiger partial charge in [0.25, 0.3) is 5.52 Å². The van der Waals surface area contributed by atoms with Gasteiger partial charge in [-0.15, -0.1) is 4.68 Å². The molecule has 0 saturated heterocycles. The highest BCUT2D eigenvalue weighted by Gasteiger charge is 2.31. The molecule has 0 saturated carbocycles. The van der Waals surface area contributed by atoms with Gasteiger partial charge in [0.15, 0.2) is 0 Å². The van der Waals surface area contributed by atoms with Crippen molar-refractivity contribution in [1.29, 1.82) is 0 Å². The number of nitrogens with zero attached hydrogens (tertiary/aromatic N) is 3. The lowest BCUT2D eigenvalue weighted by Gasteiger charge is -2.20. The number of fused-ring (bicyclic) bond motifs is 3. The lowest BCUT2D eigenvalue weighted by atomic mass is 10.0. The van der Waals surface area contributed by atoms with E-state index in [1.54, 1.807) is 17.9 Å². The predicted molar refractivity (Wildman–Crippen MR) is 94.1 cm³/mol. The van der Waals surface area contributed by atoms with Crippen molar-refractivity contribution < 1.29 is 9.58 Å². The molecule has 4 rings (SSSR count). The minimum absolute atomic E-state index is 0.00746. The Kier molecular flexibility index (Phi) is 3.46. The summed E-state index contributed by atoms with van der Waals surface area (Å²) in [5.41, 5.74) is 3.18. The van der Waals surface area contributed by atoms with Crippen LogP contribution in [0.3, 0.4) is 0 Å². The minimum Gasteiger partial charge on any atom is -0.595 e. The monoisotopic (exact) mass is 341 g/mol. The standard InChI is InChI=1S/C18H16ClN3O2/c1-11-10-20-17(12-3-5-13(19)6-4-12)18-15-8-7-14(24-2)9-16(15)22(23)21(11)18/h3-9,11H,10H2,1-2H3. The van der Waals surface area contributed by atoms with Crippen molar-refractivity contribution in [3.05, 3.63) is 64.0 Å². The molecule has 122 valence electrons. The number of aliphatic imine (C=N–C) groups is 1. The van der Waals surface area contributed by atoms with Crippen LogP contribution >= 0.6 is 11.6 Å². The van der Waals surface area contributed by atoms with Crippen molar-refractivity contribution in [2.75, 3.05) is 13.7 Å². The van der Waals surface area contributed by atoms with Crippen molar-refractivity contribution in [2.24, 2.45) is 4.99 Å². The number of aromatic nitrogens is 2. The third-order valence-electron chi connectivity index (χ3n) is 4.36. The fraction of sp³-hybridized carbons (Fsp3) is 0.222. The Morgan fingerprint density at radius 2 is 2.00 bits per heavy atom. The Bertz CT molecular complexity index is 961. The van der Waals surface area contributed by atoms with Gasteiger partial charge < -0.3 is 9.94 Å². The number of halogens is 1.